The highest BCUT2D eigenvalue weighted by Crippen LogP contribution is 2.21. The molecular weight excluding hydrogens is 155 g/mol. The van der Waals surface area contributed by atoms with Gasteiger partial charge in [-0.05, 0) is 18.6 Å². The van der Waals surface area contributed by atoms with E-state index in [-0.39, 0.29) is 0 Å². The van der Waals surface area contributed by atoms with Crippen LogP contribution in [0.2, 0.25) is 0 Å². The van der Waals surface area contributed by atoms with E-state index in [9.17, 15) is 5.11 Å². The third kappa shape index (κ3) is 1.81. The van der Waals surface area contributed by atoms with E-state index in [1.807, 2.05) is 30.9 Å². The van der Waals surface area contributed by atoms with Crippen LogP contribution in [0, 0.1) is 6.92 Å². The van der Waals surface area contributed by atoms with Gasteiger partial charge in [-0.25, -0.2) is 0 Å². The first-order valence-electron chi connectivity index (χ1n) is 3.42. The summed E-state index contributed by atoms with van der Waals surface area (Å²) < 4.78 is 0. The first kappa shape index (κ1) is 8.29. The third-order valence-corrected chi connectivity index (χ3v) is 1.76. The molecule has 1 nitrogen and oxygen atoms in total. The van der Waals surface area contributed by atoms with Crippen LogP contribution in [0.1, 0.15) is 11.1 Å². The molecule has 1 aromatic rings. The van der Waals surface area contributed by atoms with E-state index in [1.54, 1.807) is 6.07 Å². The zero-order valence-electron chi connectivity index (χ0n) is 6.41. The molecule has 0 bridgehead atoms. The minimum absolute atomic E-state index is 0.337. The number of phenols is 1. The number of aryl methyl sites for hydroxylation is 1. The minimum Gasteiger partial charge on any atom is -0.507 e. The Morgan fingerprint density at radius 2 is 2.18 bits per heavy atom. The van der Waals surface area contributed by atoms with E-state index >= 15 is 0 Å². The molecule has 1 rings (SSSR count). The van der Waals surface area contributed by atoms with E-state index in [2.05, 4.69) is 9.24 Å². The monoisotopic (exact) mass is 166 g/mol. The van der Waals surface area contributed by atoms with Crippen LogP contribution >= 0.6 is 9.24 Å². The Hall–Kier alpha value is -0.810. The zero-order valence-corrected chi connectivity index (χ0v) is 7.57. The summed E-state index contributed by atoms with van der Waals surface area (Å²) in [5.41, 5.74) is 1.98. The molecule has 0 spiro atoms. The summed E-state index contributed by atoms with van der Waals surface area (Å²) in [5, 5.41) is 9.36. The number of hydrogen-bond acceptors (Lipinski definition) is 1. The zero-order chi connectivity index (χ0) is 8.27. The Morgan fingerprint density at radius 1 is 1.45 bits per heavy atom. The fraction of sp³-hybridized carbons (Fsp3) is 0.111. The summed E-state index contributed by atoms with van der Waals surface area (Å²) in [4.78, 5) is 0. The van der Waals surface area contributed by atoms with Gasteiger partial charge in [0.2, 0.25) is 0 Å². The number of phenolic OH excluding ortho intramolecular Hbond substituents is 1. The number of rotatable bonds is 1. The summed E-state index contributed by atoms with van der Waals surface area (Å²) in [6, 6.07) is 5.50. The average molecular weight is 166 g/mol. The predicted octanol–water partition coefficient (Wildman–Crippen LogP) is 2.55. The molecule has 1 unspecified atom stereocenters. The van der Waals surface area contributed by atoms with Crippen molar-refractivity contribution in [3.05, 3.63) is 35.1 Å². The van der Waals surface area contributed by atoms with Gasteiger partial charge in [-0.2, -0.15) is 0 Å². The molecule has 0 aliphatic heterocycles. The van der Waals surface area contributed by atoms with Crippen molar-refractivity contribution in [1.29, 1.82) is 0 Å². The van der Waals surface area contributed by atoms with Crippen LogP contribution in [-0.4, -0.2) is 5.11 Å². The van der Waals surface area contributed by atoms with Gasteiger partial charge in [0, 0.05) is 5.56 Å². The Bertz CT molecular complexity index is 259. The van der Waals surface area contributed by atoms with Crippen LogP contribution in [0.3, 0.4) is 0 Å². The van der Waals surface area contributed by atoms with Gasteiger partial charge in [-0.1, -0.05) is 24.0 Å². The summed E-state index contributed by atoms with van der Waals surface area (Å²) in [5.74, 6) is 2.17. The van der Waals surface area contributed by atoms with E-state index in [1.165, 1.54) is 0 Å². The molecule has 1 N–H and O–H groups in total. The van der Waals surface area contributed by atoms with Crippen LogP contribution in [0.15, 0.2) is 24.0 Å². The lowest BCUT2D eigenvalue weighted by atomic mass is 10.1. The van der Waals surface area contributed by atoms with Gasteiger partial charge in [0.15, 0.2) is 0 Å². The second-order valence-corrected chi connectivity index (χ2v) is 2.75. The molecule has 0 saturated heterocycles. The summed E-state index contributed by atoms with van der Waals surface area (Å²) in [7, 11) is 2.48. The van der Waals surface area contributed by atoms with Crippen molar-refractivity contribution in [1.82, 2.24) is 0 Å². The molecule has 0 heterocycles. The third-order valence-electron chi connectivity index (χ3n) is 1.56. The second-order valence-electron chi connectivity index (χ2n) is 2.37. The maximum absolute atomic E-state index is 9.36. The van der Waals surface area contributed by atoms with Crippen molar-refractivity contribution >= 4 is 15.3 Å². The SMILES string of the molecule is Cc1cccc(O)c1/C=C/P. The quantitative estimate of drug-likeness (QED) is 0.635. The van der Waals surface area contributed by atoms with Crippen LogP contribution in [0.5, 0.6) is 5.75 Å². The summed E-state index contributed by atoms with van der Waals surface area (Å²) in [6.07, 6.45) is 1.87. The van der Waals surface area contributed by atoms with Gasteiger partial charge in [0.05, 0.1) is 0 Å². The van der Waals surface area contributed by atoms with Crippen LogP contribution in [0.4, 0.5) is 0 Å². The molecule has 1 aromatic carbocycles. The van der Waals surface area contributed by atoms with Gasteiger partial charge in [-0.3, -0.25) is 0 Å². The van der Waals surface area contributed by atoms with Crippen molar-refractivity contribution in [3.8, 4) is 5.75 Å². The van der Waals surface area contributed by atoms with E-state index in [4.69, 9.17) is 0 Å². The Labute approximate surface area is 69.0 Å². The van der Waals surface area contributed by atoms with Gasteiger partial charge in [-0.15, -0.1) is 9.24 Å². The van der Waals surface area contributed by atoms with E-state index in [0.717, 1.165) is 11.1 Å². The van der Waals surface area contributed by atoms with Gasteiger partial charge < -0.3 is 5.11 Å². The lowest BCUT2D eigenvalue weighted by molar-refractivity contribution is 0.473. The van der Waals surface area contributed by atoms with Crippen molar-refractivity contribution in [2.24, 2.45) is 0 Å². The molecule has 58 valence electrons. The topological polar surface area (TPSA) is 20.2 Å². The lowest BCUT2D eigenvalue weighted by Crippen LogP contribution is -1.79. The summed E-state index contributed by atoms with van der Waals surface area (Å²) >= 11 is 0. The highest BCUT2D eigenvalue weighted by molar-refractivity contribution is 7.21. The smallest absolute Gasteiger partial charge is 0.123 e. The Balaban J connectivity index is 3.20. The number of benzene rings is 1. The van der Waals surface area contributed by atoms with Gasteiger partial charge >= 0.3 is 0 Å². The molecule has 11 heavy (non-hydrogen) atoms. The Kier molecular flexibility index (Phi) is 2.67. The standard InChI is InChI=1S/C9H11OP/c1-7-3-2-4-9(10)8(7)5-6-11/h2-6,10H,11H2,1H3/b6-5+. The van der Waals surface area contributed by atoms with Crippen LogP contribution in [0.25, 0.3) is 6.08 Å². The normalized spacial score (nSPS) is 10.7. The molecular formula is C9H11OP. The second kappa shape index (κ2) is 3.54. The summed E-state index contributed by atoms with van der Waals surface area (Å²) in [6.45, 7) is 1.97. The van der Waals surface area contributed by atoms with Crippen molar-refractivity contribution in [2.75, 3.05) is 0 Å². The number of hydrogen-bond donors (Lipinski definition) is 1. The molecule has 0 amide bonds. The molecule has 0 fully saturated rings. The lowest BCUT2D eigenvalue weighted by Gasteiger charge is -2.01. The average Bonchev–Trinajstić information content (AvgIpc) is 1.97. The van der Waals surface area contributed by atoms with E-state index < -0.39 is 0 Å². The van der Waals surface area contributed by atoms with E-state index in [0.29, 0.717) is 5.75 Å². The Morgan fingerprint density at radius 3 is 2.73 bits per heavy atom. The number of aromatic hydroxyl groups is 1. The van der Waals surface area contributed by atoms with Crippen LogP contribution < -0.4 is 0 Å². The molecule has 0 aliphatic rings. The van der Waals surface area contributed by atoms with Gasteiger partial charge in [0.25, 0.3) is 0 Å². The fourth-order valence-corrected chi connectivity index (χ4v) is 1.17. The minimum atomic E-state index is 0.337. The molecule has 1 atom stereocenters. The first-order chi connectivity index (χ1) is 5.25. The molecule has 2 heteroatoms. The van der Waals surface area contributed by atoms with Crippen LogP contribution in [-0.2, 0) is 0 Å². The molecule has 0 aliphatic carbocycles. The highest BCUT2D eigenvalue weighted by Gasteiger charge is 1.97. The molecule has 0 saturated carbocycles. The fourth-order valence-electron chi connectivity index (χ4n) is 0.978. The largest absolute Gasteiger partial charge is 0.507 e. The van der Waals surface area contributed by atoms with Gasteiger partial charge in [0.1, 0.15) is 5.75 Å². The highest BCUT2D eigenvalue weighted by atomic mass is 31.0. The van der Waals surface area contributed by atoms with Crippen molar-refractivity contribution < 1.29 is 5.11 Å². The maximum atomic E-state index is 9.36. The maximum Gasteiger partial charge on any atom is 0.123 e. The molecule has 0 aromatic heterocycles. The molecule has 0 radical (unpaired) electrons. The van der Waals surface area contributed by atoms with Crippen molar-refractivity contribution in [2.45, 2.75) is 6.92 Å². The first-order valence-corrected chi connectivity index (χ1v) is 4.09. The predicted molar refractivity (Wildman–Crippen MR) is 51.6 cm³/mol. The van der Waals surface area contributed by atoms with Crippen molar-refractivity contribution in [3.63, 3.8) is 0 Å².